The van der Waals surface area contributed by atoms with Crippen molar-refractivity contribution >= 4 is 28.7 Å². The minimum Gasteiger partial charge on any atom is -0.346 e. The van der Waals surface area contributed by atoms with Crippen LogP contribution in [0.1, 0.15) is 19.8 Å². The molecule has 2 heterocycles. The van der Waals surface area contributed by atoms with E-state index in [2.05, 4.69) is 22.0 Å². The minimum absolute atomic E-state index is 0.773. The highest BCUT2D eigenvalue weighted by Crippen LogP contribution is 2.26. The van der Waals surface area contributed by atoms with Crippen molar-refractivity contribution in [2.24, 2.45) is 5.92 Å². The van der Waals surface area contributed by atoms with E-state index in [4.69, 9.17) is 12.2 Å². The third kappa shape index (κ3) is 1.91. The molecule has 0 radical (unpaired) electrons. The molecule has 0 bridgehead atoms. The maximum Gasteiger partial charge on any atom is 0.206 e. The van der Waals surface area contributed by atoms with Crippen LogP contribution in [0.25, 0.3) is 0 Å². The van der Waals surface area contributed by atoms with Gasteiger partial charge in [-0.3, -0.25) is 5.10 Å². The molecule has 1 aromatic rings. The van der Waals surface area contributed by atoms with Gasteiger partial charge in [-0.25, -0.2) is 0 Å². The third-order valence-electron chi connectivity index (χ3n) is 2.56. The molecule has 1 unspecified atom stereocenters. The van der Waals surface area contributed by atoms with Crippen LogP contribution in [0.2, 0.25) is 0 Å². The van der Waals surface area contributed by atoms with E-state index in [9.17, 15) is 0 Å². The van der Waals surface area contributed by atoms with Crippen molar-refractivity contribution in [3.63, 3.8) is 0 Å². The summed E-state index contributed by atoms with van der Waals surface area (Å²) in [7, 11) is 0. The molecule has 0 amide bonds. The molecule has 2 rings (SSSR count). The molecule has 1 aromatic heterocycles. The molecule has 3 nitrogen and oxygen atoms in total. The Morgan fingerprint density at radius 3 is 3.15 bits per heavy atom. The van der Waals surface area contributed by atoms with E-state index in [1.54, 1.807) is 11.3 Å². The molecule has 1 N–H and O–H groups in total. The van der Waals surface area contributed by atoms with Gasteiger partial charge < -0.3 is 4.90 Å². The van der Waals surface area contributed by atoms with E-state index < -0.39 is 0 Å². The average molecular weight is 215 g/mol. The topological polar surface area (TPSA) is 31.9 Å². The first kappa shape index (κ1) is 9.15. The van der Waals surface area contributed by atoms with E-state index in [1.165, 1.54) is 12.8 Å². The summed E-state index contributed by atoms with van der Waals surface area (Å²) in [5, 5.41) is 8.06. The van der Waals surface area contributed by atoms with E-state index in [1.807, 2.05) is 0 Å². The van der Waals surface area contributed by atoms with Crippen LogP contribution < -0.4 is 4.90 Å². The second-order valence-electron chi connectivity index (χ2n) is 3.40. The number of hydrogen-bond acceptors (Lipinski definition) is 4. The molecule has 1 aliphatic heterocycles. The summed E-state index contributed by atoms with van der Waals surface area (Å²) in [6.07, 6.45) is 2.56. The molecule has 1 saturated heterocycles. The highest BCUT2D eigenvalue weighted by Gasteiger charge is 2.22. The fourth-order valence-corrected chi connectivity index (χ4v) is 2.61. The van der Waals surface area contributed by atoms with Crippen molar-refractivity contribution < 1.29 is 0 Å². The lowest BCUT2D eigenvalue weighted by Gasteiger charge is -2.12. The summed E-state index contributed by atoms with van der Waals surface area (Å²) in [6.45, 7) is 4.53. The molecule has 72 valence electrons. The zero-order valence-corrected chi connectivity index (χ0v) is 9.25. The molecule has 0 aliphatic carbocycles. The van der Waals surface area contributed by atoms with Crippen molar-refractivity contribution in [2.75, 3.05) is 18.0 Å². The fourth-order valence-electron chi connectivity index (χ4n) is 1.70. The Morgan fingerprint density at radius 2 is 2.62 bits per heavy atom. The Labute approximate surface area is 86.8 Å². The number of aromatic nitrogens is 2. The number of nitrogens with one attached hydrogen (secondary N) is 1. The molecular weight excluding hydrogens is 202 g/mol. The van der Waals surface area contributed by atoms with Crippen molar-refractivity contribution in [1.82, 2.24) is 10.2 Å². The average Bonchev–Trinajstić information content (AvgIpc) is 2.71. The maximum absolute atomic E-state index is 5.00. The second-order valence-corrected chi connectivity index (χ2v) is 5.05. The number of H-pyrrole nitrogens is 1. The molecule has 5 heteroatoms. The lowest BCUT2D eigenvalue weighted by molar-refractivity contribution is 0.569. The number of aromatic amines is 1. The van der Waals surface area contributed by atoms with Gasteiger partial charge in [0.1, 0.15) is 0 Å². The maximum atomic E-state index is 5.00. The van der Waals surface area contributed by atoms with Crippen LogP contribution in [0.3, 0.4) is 0 Å². The number of anilines is 1. The Bertz CT molecular complexity index is 330. The fraction of sp³-hybridized carbons (Fsp3) is 0.750. The molecule has 1 aliphatic rings. The lowest BCUT2D eigenvalue weighted by Crippen LogP contribution is -2.19. The summed E-state index contributed by atoms with van der Waals surface area (Å²) in [5.74, 6) is 0.845. The number of nitrogens with zero attached hydrogens (tertiary/aromatic N) is 2. The monoisotopic (exact) mass is 215 g/mol. The van der Waals surface area contributed by atoms with Gasteiger partial charge in [0.2, 0.25) is 5.13 Å². The van der Waals surface area contributed by atoms with Gasteiger partial charge in [-0.1, -0.05) is 24.7 Å². The SMILES string of the molecule is CCC1CCN(c2n[nH]c(=S)s2)C1. The van der Waals surface area contributed by atoms with E-state index in [0.717, 1.165) is 28.1 Å². The Balaban J connectivity index is 2.07. The molecule has 0 saturated carbocycles. The Morgan fingerprint density at radius 1 is 1.77 bits per heavy atom. The smallest absolute Gasteiger partial charge is 0.206 e. The standard InChI is InChI=1S/C8H13N3S2/c1-2-6-3-4-11(5-6)7-9-10-8(12)13-7/h6H,2-5H2,1H3,(H,10,12). The van der Waals surface area contributed by atoms with Gasteiger partial charge in [-0.05, 0) is 24.6 Å². The Hall–Kier alpha value is -0.420. The van der Waals surface area contributed by atoms with Crippen molar-refractivity contribution in [2.45, 2.75) is 19.8 Å². The predicted octanol–water partition coefficient (Wildman–Crippen LogP) is 2.44. The Kier molecular flexibility index (Phi) is 2.64. The van der Waals surface area contributed by atoms with Crippen LogP contribution >= 0.6 is 23.6 Å². The summed E-state index contributed by atoms with van der Waals surface area (Å²) in [6, 6.07) is 0. The molecule has 1 fully saturated rings. The van der Waals surface area contributed by atoms with E-state index in [0.29, 0.717) is 0 Å². The third-order valence-corrected chi connectivity index (χ3v) is 3.71. The summed E-state index contributed by atoms with van der Waals surface area (Å²) in [4.78, 5) is 2.32. The van der Waals surface area contributed by atoms with Crippen LogP contribution in [-0.4, -0.2) is 23.3 Å². The van der Waals surface area contributed by atoms with Gasteiger partial charge in [0.05, 0.1) is 0 Å². The van der Waals surface area contributed by atoms with Gasteiger partial charge in [0, 0.05) is 13.1 Å². The molecule has 0 spiro atoms. The summed E-state index contributed by atoms with van der Waals surface area (Å²) >= 11 is 6.57. The van der Waals surface area contributed by atoms with E-state index >= 15 is 0 Å². The van der Waals surface area contributed by atoms with Gasteiger partial charge in [0.15, 0.2) is 3.95 Å². The highest BCUT2D eigenvalue weighted by molar-refractivity contribution is 7.73. The van der Waals surface area contributed by atoms with Gasteiger partial charge in [0.25, 0.3) is 0 Å². The van der Waals surface area contributed by atoms with Crippen molar-refractivity contribution in [3.8, 4) is 0 Å². The van der Waals surface area contributed by atoms with E-state index in [-0.39, 0.29) is 0 Å². The normalized spacial score (nSPS) is 22.5. The van der Waals surface area contributed by atoms with Gasteiger partial charge >= 0.3 is 0 Å². The predicted molar refractivity (Wildman–Crippen MR) is 57.9 cm³/mol. The lowest BCUT2D eigenvalue weighted by atomic mass is 10.1. The van der Waals surface area contributed by atoms with Crippen LogP contribution in [0.15, 0.2) is 0 Å². The highest BCUT2D eigenvalue weighted by atomic mass is 32.1. The largest absolute Gasteiger partial charge is 0.346 e. The van der Waals surface area contributed by atoms with Crippen LogP contribution in [0, 0.1) is 9.87 Å². The first-order chi connectivity index (χ1) is 6.29. The first-order valence-corrected chi connectivity index (χ1v) is 5.82. The zero-order chi connectivity index (χ0) is 9.26. The quantitative estimate of drug-likeness (QED) is 0.769. The molecule has 0 aromatic carbocycles. The summed E-state index contributed by atoms with van der Waals surface area (Å²) in [5.41, 5.74) is 0. The van der Waals surface area contributed by atoms with Crippen LogP contribution in [-0.2, 0) is 0 Å². The molecule has 13 heavy (non-hydrogen) atoms. The zero-order valence-electron chi connectivity index (χ0n) is 7.62. The second kappa shape index (κ2) is 3.75. The van der Waals surface area contributed by atoms with Crippen LogP contribution in [0.5, 0.6) is 0 Å². The molecule has 1 atom stereocenters. The van der Waals surface area contributed by atoms with Crippen molar-refractivity contribution in [3.05, 3.63) is 3.95 Å². The van der Waals surface area contributed by atoms with Gasteiger partial charge in [-0.2, -0.15) is 0 Å². The molecular formula is C8H13N3S2. The number of hydrogen-bond donors (Lipinski definition) is 1. The summed E-state index contributed by atoms with van der Waals surface area (Å²) < 4.78 is 0.773. The number of rotatable bonds is 2. The minimum atomic E-state index is 0.773. The first-order valence-electron chi connectivity index (χ1n) is 4.60. The van der Waals surface area contributed by atoms with Gasteiger partial charge in [-0.15, -0.1) is 5.10 Å². The van der Waals surface area contributed by atoms with Crippen molar-refractivity contribution in [1.29, 1.82) is 0 Å². The van der Waals surface area contributed by atoms with Crippen LogP contribution in [0.4, 0.5) is 5.13 Å².